The second-order valence-electron chi connectivity index (χ2n) is 4.90. The third-order valence-electron chi connectivity index (χ3n) is 2.91. The first-order valence-corrected chi connectivity index (χ1v) is 7.21. The summed E-state index contributed by atoms with van der Waals surface area (Å²) >= 11 is 5.88. The molecule has 0 aliphatic rings. The summed E-state index contributed by atoms with van der Waals surface area (Å²) in [5.41, 5.74) is 0.576. The molecule has 1 aromatic carbocycles. The van der Waals surface area contributed by atoms with E-state index in [9.17, 15) is 9.90 Å². The van der Waals surface area contributed by atoms with Gasteiger partial charge in [0.15, 0.2) is 6.61 Å². The number of amides is 1. The Kier molecular flexibility index (Phi) is 6.82. The lowest BCUT2D eigenvalue weighted by Gasteiger charge is -2.16. The Morgan fingerprint density at radius 3 is 2.75 bits per heavy atom. The van der Waals surface area contributed by atoms with Crippen LogP contribution in [0.5, 0.6) is 5.75 Å². The number of halogens is 1. The highest BCUT2D eigenvalue weighted by atomic mass is 35.5. The van der Waals surface area contributed by atoms with Gasteiger partial charge >= 0.3 is 0 Å². The first-order chi connectivity index (χ1) is 9.43. The first kappa shape index (κ1) is 16.8. The van der Waals surface area contributed by atoms with Crippen LogP contribution in [0.2, 0.25) is 5.02 Å². The molecule has 0 aliphatic carbocycles. The minimum atomic E-state index is -0.703. The molecule has 5 heteroatoms. The van der Waals surface area contributed by atoms with Gasteiger partial charge in [-0.05, 0) is 38.5 Å². The summed E-state index contributed by atoms with van der Waals surface area (Å²) in [6.45, 7) is 5.59. The summed E-state index contributed by atoms with van der Waals surface area (Å²) in [6, 6.07) is 5.10. The van der Waals surface area contributed by atoms with Crippen LogP contribution in [0.1, 0.15) is 45.3 Å². The Labute approximate surface area is 125 Å². The standard InChI is InChI=1S/C15H22ClNO3/c1-4-5-10(2)17-15(19)9-20-14-7-6-12(16)8-13(14)11(3)18/h6-8,10-11,18H,4-5,9H2,1-3H3,(H,17,19). The molecule has 0 heterocycles. The summed E-state index contributed by atoms with van der Waals surface area (Å²) in [5, 5.41) is 13.1. The molecule has 0 bridgehead atoms. The number of aliphatic hydroxyl groups excluding tert-OH is 1. The van der Waals surface area contributed by atoms with Gasteiger partial charge < -0.3 is 15.2 Å². The smallest absolute Gasteiger partial charge is 0.258 e. The summed E-state index contributed by atoms with van der Waals surface area (Å²) in [6.07, 6.45) is 1.25. The molecule has 2 atom stereocenters. The van der Waals surface area contributed by atoms with E-state index in [1.165, 1.54) is 0 Å². The zero-order valence-electron chi connectivity index (χ0n) is 12.1. The van der Waals surface area contributed by atoms with Crippen molar-refractivity contribution in [1.82, 2.24) is 5.32 Å². The molecule has 112 valence electrons. The number of aliphatic hydroxyl groups is 1. The Morgan fingerprint density at radius 1 is 1.45 bits per heavy atom. The highest BCUT2D eigenvalue weighted by Crippen LogP contribution is 2.28. The van der Waals surface area contributed by atoms with Crippen LogP contribution in [-0.4, -0.2) is 23.7 Å². The predicted molar refractivity (Wildman–Crippen MR) is 80.1 cm³/mol. The summed E-state index contributed by atoms with van der Waals surface area (Å²) in [5.74, 6) is 0.306. The number of hydrogen-bond donors (Lipinski definition) is 2. The maximum atomic E-state index is 11.7. The van der Waals surface area contributed by atoms with Gasteiger partial charge in [0.1, 0.15) is 5.75 Å². The van der Waals surface area contributed by atoms with E-state index in [-0.39, 0.29) is 18.6 Å². The number of benzene rings is 1. The quantitative estimate of drug-likeness (QED) is 0.813. The number of nitrogens with one attached hydrogen (secondary N) is 1. The number of carbonyl (C=O) groups is 1. The van der Waals surface area contributed by atoms with Crippen molar-refractivity contribution in [2.24, 2.45) is 0 Å². The van der Waals surface area contributed by atoms with Gasteiger partial charge in [0, 0.05) is 16.6 Å². The molecule has 1 rings (SSSR count). The lowest BCUT2D eigenvalue weighted by atomic mass is 10.1. The largest absolute Gasteiger partial charge is 0.483 e. The van der Waals surface area contributed by atoms with Crippen LogP contribution < -0.4 is 10.1 Å². The highest BCUT2D eigenvalue weighted by molar-refractivity contribution is 6.30. The molecule has 0 aliphatic heterocycles. The molecule has 0 fully saturated rings. The van der Waals surface area contributed by atoms with E-state index >= 15 is 0 Å². The minimum absolute atomic E-state index is 0.0740. The maximum Gasteiger partial charge on any atom is 0.258 e. The number of carbonyl (C=O) groups excluding carboxylic acids is 1. The van der Waals surface area contributed by atoms with E-state index in [2.05, 4.69) is 12.2 Å². The van der Waals surface area contributed by atoms with Crippen molar-refractivity contribution < 1.29 is 14.6 Å². The molecular formula is C15H22ClNO3. The lowest BCUT2D eigenvalue weighted by molar-refractivity contribution is -0.123. The van der Waals surface area contributed by atoms with E-state index in [0.29, 0.717) is 16.3 Å². The Balaban J connectivity index is 2.59. The summed E-state index contributed by atoms with van der Waals surface area (Å²) in [7, 11) is 0. The van der Waals surface area contributed by atoms with Gasteiger partial charge in [-0.3, -0.25) is 4.79 Å². The molecule has 1 amide bonds. The van der Waals surface area contributed by atoms with Crippen LogP contribution in [0.4, 0.5) is 0 Å². The van der Waals surface area contributed by atoms with Gasteiger partial charge in [-0.1, -0.05) is 24.9 Å². The van der Waals surface area contributed by atoms with Crippen LogP contribution in [-0.2, 0) is 4.79 Å². The fourth-order valence-corrected chi connectivity index (χ4v) is 2.12. The van der Waals surface area contributed by atoms with E-state index in [4.69, 9.17) is 16.3 Å². The topological polar surface area (TPSA) is 58.6 Å². The Hall–Kier alpha value is -1.26. The maximum absolute atomic E-state index is 11.7. The molecule has 20 heavy (non-hydrogen) atoms. The van der Waals surface area contributed by atoms with Crippen molar-refractivity contribution in [1.29, 1.82) is 0 Å². The van der Waals surface area contributed by atoms with Crippen LogP contribution in [0.15, 0.2) is 18.2 Å². The van der Waals surface area contributed by atoms with Gasteiger partial charge in [-0.2, -0.15) is 0 Å². The third-order valence-corrected chi connectivity index (χ3v) is 3.14. The van der Waals surface area contributed by atoms with Gasteiger partial charge in [0.2, 0.25) is 0 Å². The van der Waals surface area contributed by atoms with Gasteiger partial charge in [-0.15, -0.1) is 0 Å². The third kappa shape index (κ3) is 5.39. The van der Waals surface area contributed by atoms with E-state index in [1.54, 1.807) is 25.1 Å². The van der Waals surface area contributed by atoms with Crippen LogP contribution in [0.3, 0.4) is 0 Å². The second kappa shape index (κ2) is 8.12. The molecule has 2 unspecified atom stereocenters. The van der Waals surface area contributed by atoms with Gasteiger partial charge in [-0.25, -0.2) is 0 Å². The zero-order chi connectivity index (χ0) is 15.1. The molecule has 0 spiro atoms. The summed E-state index contributed by atoms with van der Waals surface area (Å²) in [4.78, 5) is 11.7. The molecule has 4 nitrogen and oxygen atoms in total. The molecule has 0 aromatic heterocycles. The molecule has 1 aromatic rings. The van der Waals surface area contributed by atoms with Crippen molar-refractivity contribution in [3.05, 3.63) is 28.8 Å². The minimum Gasteiger partial charge on any atom is -0.483 e. The van der Waals surface area contributed by atoms with E-state index < -0.39 is 6.10 Å². The fourth-order valence-electron chi connectivity index (χ4n) is 1.94. The monoisotopic (exact) mass is 299 g/mol. The second-order valence-corrected chi connectivity index (χ2v) is 5.34. The van der Waals surface area contributed by atoms with E-state index in [1.807, 2.05) is 6.92 Å². The van der Waals surface area contributed by atoms with Crippen molar-refractivity contribution in [2.75, 3.05) is 6.61 Å². The van der Waals surface area contributed by atoms with Crippen molar-refractivity contribution >= 4 is 17.5 Å². The average molecular weight is 300 g/mol. The van der Waals surface area contributed by atoms with Gasteiger partial charge in [0.05, 0.1) is 6.10 Å². The molecule has 2 N–H and O–H groups in total. The summed E-state index contributed by atoms with van der Waals surface area (Å²) < 4.78 is 5.46. The molecular weight excluding hydrogens is 278 g/mol. The SMILES string of the molecule is CCCC(C)NC(=O)COc1ccc(Cl)cc1C(C)O. The number of ether oxygens (including phenoxy) is 1. The number of hydrogen-bond acceptors (Lipinski definition) is 3. The van der Waals surface area contributed by atoms with Crippen LogP contribution in [0.25, 0.3) is 0 Å². The molecule has 0 saturated carbocycles. The molecule has 0 radical (unpaired) electrons. The highest BCUT2D eigenvalue weighted by Gasteiger charge is 2.12. The van der Waals surface area contributed by atoms with Gasteiger partial charge in [0.25, 0.3) is 5.91 Å². The zero-order valence-corrected chi connectivity index (χ0v) is 12.9. The van der Waals surface area contributed by atoms with Crippen molar-refractivity contribution in [2.45, 2.75) is 45.8 Å². The van der Waals surface area contributed by atoms with E-state index in [0.717, 1.165) is 12.8 Å². The van der Waals surface area contributed by atoms with Crippen LogP contribution in [0, 0.1) is 0 Å². The predicted octanol–water partition coefficient (Wildman–Crippen LogP) is 3.08. The Bertz CT molecular complexity index is 449. The fraction of sp³-hybridized carbons (Fsp3) is 0.533. The van der Waals surface area contributed by atoms with Crippen molar-refractivity contribution in [3.63, 3.8) is 0 Å². The normalized spacial score (nSPS) is 13.7. The lowest BCUT2D eigenvalue weighted by Crippen LogP contribution is -2.36. The molecule has 0 saturated heterocycles. The average Bonchev–Trinajstić information content (AvgIpc) is 2.37. The van der Waals surface area contributed by atoms with Crippen molar-refractivity contribution in [3.8, 4) is 5.75 Å². The first-order valence-electron chi connectivity index (χ1n) is 6.83. The van der Waals surface area contributed by atoms with Crippen LogP contribution >= 0.6 is 11.6 Å². The number of rotatable bonds is 7. The Morgan fingerprint density at radius 2 is 2.15 bits per heavy atom.